The molecule has 3 unspecified atom stereocenters. The summed E-state index contributed by atoms with van der Waals surface area (Å²) < 4.78 is 1.85. The average molecular weight is 462 g/mol. The number of carboxylic acids is 1. The first-order chi connectivity index (χ1) is 15.9. The number of phenolic OH excluding ortho intramolecular Hbond substituents is 1. The molecule has 0 amide bonds. The van der Waals surface area contributed by atoms with Crippen molar-refractivity contribution < 1.29 is 15.0 Å². The van der Waals surface area contributed by atoms with Crippen LogP contribution in [0.15, 0.2) is 48.9 Å². The molecule has 4 aromatic rings. The molecule has 2 aliphatic heterocycles. The van der Waals surface area contributed by atoms with Crippen molar-refractivity contribution in [2.45, 2.75) is 24.9 Å². The minimum atomic E-state index is -0.762. The first-order valence-electron chi connectivity index (χ1n) is 10.7. The number of aromatic nitrogens is 4. The molecule has 3 aromatic heterocycles. The standard InChI is InChI=1S/C24H20ClN5O3/c1-29-17-8-14-11-27-23-20(13-2-3-16(25)19(31)9-13)21(12-4-6-26-7-5-12)28-30(23)22(14)18(29)10-15(17)24(32)33/h2-7,9,11,15,17-18,31H,8,10H2,1H3,(H,32,33). The van der Waals surface area contributed by atoms with E-state index in [9.17, 15) is 15.0 Å². The SMILES string of the molecule is CN1C2CC(C(=O)O)C1Cc1cnc3c(-c4ccc(Cl)c(O)c4)c(-c4ccncc4)nn3c12. The number of benzene rings is 1. The second kappa shape index (κ2) is 7.26. The van der Waals surface area contributed by atoms with Crippen molar-refractivity contribution >= 4 is 23.2 Å². The van der Waals surface area contributed by atoms with Crippen LogP contribution >= 0.6 is 11.6 Å². The van der Waals surface area contributed by atoms with E-state index in [-0.39, 0.29) is 22.9 Å². The molecule has 3 atom stereocenters. The quantitative estimate of drug-likeness (QED) is 0.478. The molecule has 0 aliphatic carbocycles. The molecule has 33 heavy (non-hydrogen) atoms. The fourth-order valence-corrected chi connectivity index (χ4v) is 5.47. The van der Waals surface area contributed by atoms with Crippen molar-refractivity contribution in [2.75, 3.05) is 7.05 Å². The van der Waals surface area contributed by atoms with Crippen molar-refractivity contribution in [3.8, 4) is 28.1 Å². The molecule has 1 aromatic carbocycles. The van der Waals surface area contributed by atoms with Gasteiger partial charge in [-0.1, -0.05) is 17.7 Å². The lowest BCUT2D eigenvalue weighted by Gasteiger charge is -2.33. The third-order valence-electron chi connectivity index (χ3n) is 6.97. The minimum absolute atomic E-state index is 0.0187. The number of carboxylic acid groups (broad SMARTS) is 1. The Kier molecular flexibility index (Phi) is 4.43. The Bertz CT molecular complexity index is 1420. The Morgan fingerprint density at radius 3 is 2.70 bits per heavy atom. The molecule has 2 aliphatic rings. The number of hydrogen-bond donors (Lipinski definition) is 2. The number of hydrogen-bond acceptors (Lipinski definition) is 6. The van der Waals surface area contributed by atoms with E-state index in [0.717, 1.165) is 27.9 Å². The number of aromatic hydroxyl groups is 1. The zero-order chi connectivity index (χ0) is 22.9. The summed E-state index contributed by atoms with van der Waals surface area (Å²) in [7, 11) is 1.99. The molecule has 9 heteroatoms. The highest BCUT2D eigenvalue weighted by molar-refractivity contribution is 6.32. The number of phenols is 1. The van der Waals surface area contributed by atoms with Gasteiger partial charge in [-0.25, -0.2) is 9.50 Å². The van der Waals surface area contributed by atoms with Gasteiger partial charge in [0.25, 0.3) is 0 Å². The van der Waals surface area contributed by atoms with Crippen molar-refractivity contribution in [3.63, 3.8) is 0 Å². The average Bonchev–Trinajstić information content (AvgIpc) is 3.29. The fraction of sp³-hybridized carbons (Fsp3) is 0.250. The lowest BCUT2D eigenvalue weighted by Crippen LogP contribution is -2.39. The Balaban J connectivity index is 1.63. The van der Waals surface area contributed by atoms with Gasteiger partial charge in [-0.2, -0.15) is 5.10 Å². The van der Waals surface area contributed by atoms with Gasteiger partial charge in [0.2, 0.25) is 0 Å². The molecule has 5 heterocycles. The van der Waals surface area contributed by atoms with Crippen LogP contribution in [0.5, 0.6) is 5.75 Å². The summed E-state index contributed by atoms with van der Waals surface area (Å²) in [4.78, 5) is 22.9. The van der Waals surface area contributed by atoms with E-state index in [0.29, 0.717) is 24.2 Å². The van der Waals surface area contributed by atoms with Crippen molar-refractivity contribution in [1.29, 1.82) is 0 Å². The maximum atomic E-state index is 11.9. The monoisotopic (exact) mass is 461 g/mol. The zero-order valence-electron chi connectivity index (χ0n) is 17.7. The Morgan fingerprint density at radius 1 is 1.18 bits per heavy atom. The lowest BCUT2D eigenvalue weighted by atomic mass is 9.96. The number of fused-ring (bicyclic) bond motifs is 6. The summed E-state index contributed by atoms with van der Waals surface area (Å²) in [6.07, 6.45) is 6.41. The summed E-state index contributed by atoms with van der Waals surface area (Å²) in [6.45, 7) is 0. The van der Waals surface area contributed by atoms with Crippen LogP contribution in [-0.2, 0) is 11.2 Å². The third kappa shape index (κ3) is 2.94. The van der Waals surface area contributed by atoms with E-state index >= 15 is 0 Å². The highest BCUT2D eigenvalue weighted by Gasteiger charge is 2.48. The molecule has 6 rings (SSSR count). The van der Waals surface area contributed by atoms with Crippen molar-refractivity contribution in [3.05, 3.63) is 65.2 Å². The first kappa shape index (κ1) is 20.1. The van der Waals surface area contributed by atoms with Gasteiger partial charge in [0.05, 0.1) is 28.2 Å². The van der Waals surface area contributed by atoms with Crippen molar-refractivity contribution in [2.24, 2.45) is 5.92 Å². The summed E-state index contributed by atoms with van der Waals surface area (Å²) in [5.74, 6) is -1.21. The molecule has 166 valence electrons. The molecule has 1 fully saturated rings. The van der Waals surface area contributed by atoms with Crippen LogP contribution in [0.3, 0.4) is 0 Å². The van der Waals surface area contributed by atoms with Crippen LogP contribution in [0.2, 0.25) is 5.02 Å². The highest BCUT2D eigenvalue weighted by Crippen LogP contribution is 2.47. The van der Waals surface area contributed by atoms with Gasteiger partial charge in [-0.15, -0.1) is 0 Å². The maximum Gasteiger partial charge on any atom is 0.308 e. The van der Waals surface area contributed by atoms with E-state index in [1.54, 1.807) is 24.5 Å². The molecule has 2 bridgehead atoms. The van der Waals surface area contributed by atoms with Gasteiger partial charge < -0.3 is 10.2 Å². The molecule has 0 saturated carbocycles. The predicted octanol–water partition coefficient (Wildman–Crippen LogP) is 3.82. The van der Waals surface area contributed by atoms with E-state index in [1.165, 1.54) is 0 Å². The van der Waals surface area contributed by atoms with Crippen LogP contribution in [0, 0.1) is 5.92 Å². The normalized spacial score (nSPS) is 21.9. The summed E-state index contributed by atoms with van der Waals surface area (Å²) >= 11 is 6.06. The molecule has 8 nitrogen and oxygen atoms in total. The van der Waals surface area contributed by atoms with Crippen LogP contribution in [-0.4, -0.2) is 53.8 Å². The summed E-state index contributed by atoms with van der Waals surface area (Å²) in [5, 5.41) is 25.3. The van der Waals surface area contributed by atoms with Crippen LogP contribution in [0.25, 0.3) is 28.0 Å². The Hall–Kier alpha value is -3.49. The summed E-state index contributed by atoms with van der Waals surface area (Å²) in [5.41, 5.74) is 5.73. The molecular formula is C24H20ClN5O3. The van der Waals surface area contributed by atoms with Gasteiger partial charge in [0.1, 0.15) is 11.4 Å². The van der Waals surface area contributed by atoms with Gasteiger partial charge in [-0.05, 0) is 55.3 Å². The largest absolute Gasteiger partial charge is 0.506 e. The molecule has 0 spiro atoms. The Morgan fingerprint density at radius 2 is 1.97 bits per heavy atom. The molecule has 1 saturated heterocycles. The number of nitrogens with zero attached hydrogens (tertiary/aromatic N) is 5. The molecular weight excluding hydrogens is 442 g/mol. The zero-order valence-corrected chi connectivity index (χ0v) is 18.4. The number of aliphatic carboxylic acids is 1. The van der Waals surface area contributed by atoms with E-state index in [1.807, 2.05) is 36.0 Å². The third-order valence-corrected chi connectivity index (χ3v) is 7.29. The molecule has 2 N–H and O–H groups in total. The fourth-order valence-electron chi connectivity index (χ4n) is 5.36. The predicted molar refractivity (Wildman–Crippen MR) is 122 cm³/mol. The van der Waals surface area contributed by atoms with Crippen LogP contribution in [0.1, 0.15) is 23.7 Å². The topological polar surface area (TPSA) is 104 Å². The number of halogens is 1. The van der Waals surface area contributed by atoms with Gasteiger partial charge in [0, 0.05) is 30.2 Å². The Labute approximate surface area is 194 Å². The van der Waals surface area contributed by atoms with Gasteiger partial charge in [-0.3, -0.25) is 14.7 Å². The minimum Gasteiger partial charge on any atom is -0.506 e. The van der Waals surface area contributed by atoms with Crippen LogP contribution < -0.4 is 0 Å². The highest BCUT2D eigenvalue weighted by atomic mass is 35.5. The van der Waals surface area contributed by atoms with Gasteiger partial charge in [0.15, 0.2) is 5.65 Å². The first-order valence-corrected chi connectivity index (χ1v) is 11.1. The van der Waals surface area contributed by atoms with E-state index in [2.05, 4.69) is 9.88 Å². The molecule has 0 radical (unpaired) electrons. The van der Waals surface area contributed by atoms with Gasteiger partial charge >= 0.3 is 5.97 Å². The number of carbonyl (C=O) groups is 1. The number of pyridine rings is 1. The van der Waals surface area contributed by atoms with Crippen molar-refractivity contribution in [1.82, 2.24) is 24.5 Å². The van der Waals surface area contributed by atoms with E-state index < -0.39 is 11.9 Å². The second-order valence-corrected chi connectivity index (χ2v) is 9.07. The second-order valence-electron chi connectivity index (χ2n) is 8.66. The smallest absolute Gasteiger partial charge is 0.308 e. The lowest BCUT2D eigenvalue weighted by molar-refractivity contribution is -0.142. The van der Waals surface area contributed by atoms with Crippen LogP contribution in [0.4, 0.5) is 0 Å². The van der Waals surface area contributed by atoms with E-state index in [4.69, 9.17) is 21.7 Å². The number of likely N-dealkylation sites (N-methyl/N-ethyl adjacent to an activating group) is 1. The maximum absolute atomic E-state index is 11.9. The number of rotatable bonds is 3. The summed E-state index contributed by atoms with van der Waals surface area (Å²) in [6, 6.07) is 8.74.